The van der Waals surface area contributed by atoms with Crippen LogP contribution in [-0.4, -0.2) is 61.2 Å². The Balaban J connectivity index is 1.53. The Morgan fingerprint density at radius 2 is 1.85 bits per heavy atom. The van der Waals surface area contributed by atoms with Gasteiger partial charge in [0.05, 0.1) is 24.0 Å². The Morgan fingerprint density at radius 3 is 2.48 bits per heavy atom. The summed E-state index contributed by atoms with van der Waals surface area (Å²) in [6, 6.07) is 3.64. The molecule has 174 valence electrons. The van der Waals surface area contributed by atoms with Gasteiger partial charge in [-0.2, -0.15) is 28.2 Å². The second-order valence-electron chi connectivity index (χ2n) is 7.46. The SMILES string of the molecule is O=Cc1cccc(CN2CCC(F)(F)[C@H]2CNc2ncc(C(F)(F)F)cn2)c1-n1nccn1. The van der Waals surface area contributed by atoms with Crippen LogP contribution in [0.1, 0.15) is 27.9 Å². The third kappa shape index (κ3) is 4.82. The zero-order valence-electron chi connectivity index (χ0n) is 17.0. The van der Waals surface area contributed by atoms with Crippen LogP contribution in [0.15, 0.2) is 43.0 Å². The Morgan fingerprint density at radius 1 is 1.15 bits per heavy atom. The predicted molar refractivity (Wildman–Crippen MR) is 106 cm³/mol. The molecule has 0 spiro atoms. The number of carbonyl (C=O) groups excluding carboxylic acids is 1. The first-order chi connectivity index (χ1) is 15.7. The van der Waals surface area contributed by atoms with Gasteiger partial charge in [-0.05, 0) is 11.6 Å². The van der Waals surface area contributed by atoms with Crippen molar-refractivity contribution in [2.75, 3.05) is 18.4 Å². The number of nitrogens with one attached hydrogen (secondary N) is 1. The molecule has 2 aromatic heterocycles. The Bertz CT molecular complexity index is 1100. The second-order valence-corrected chi connectivity index (χ2v) is 7.46. The minimum absolute atomic E-state index is 0.0739. The predicted octanol–water partition coefficient (Wildman–Crippen LogP) is 3.21. The van der Waals surface area contributed by atoms with E-state index in [9.17, 15) is 26.7 Å². The average molecular weight is 467 g/mol. The number of alkyl halides is 5. The van der Waals surface area contributed by atoms with Crippen molar-refractivity contribution in [2.45, 2.75) is 31.1 Å². The largest absolute Gasteiger partial charge is 0.419 e. The molecule has 1 atom stereocenters. The van der Waals surface area contributed by atoms with E-state index in [1.165, 1.54) is 22.1 Å². The van der Waals surface area contributed by atoms with Crippen molar-refractivity contribution >= 4 is 12.2 Å². The van der Waals surface area contributed by atoms with Gasteiger partial charge in [-0.15, -0.1) is 0 Å². The lowest BCUT2D eigenvalue weighted by molar-refractivity contribution is -0.138. The highest BCUT2D eigenvalue weighted by Crippen LogP contribution is 2.36. The number of aldehydes is 1. The average Bonchev–Trinajstić information content (AvgIpc) is 3.40. The number of anilines is 1. The molecule has 33 heavy (non-hydrogen) atoms. The number of benzene rings is 1. The van der Waals surface area contributed by atoms with Crippen LogP contribution in [0.4, 0.5) is 27.9 Å². The van der Waals surface area contributed by atoms with Crippen molar-refractivity contribution in [1.82, 2.24) is 29.9 Å². The number of nitrogens with zero attached hydrogens (tertiary/aromatic N) is 6. The quantitative estimate of drug-likeness (QED) is 0.422. The van der Waals surface area contributed by atoms with E-state index in [1.807, 2.05) is 0 Å². The van der Waals surface area contributed by atoms with E-state index in [1.54, 1.807) is 18.2 Å². The van der Waals surface area contributed by atoms with E-state index >= 15 is 0 Å². The molecule has 0 bridgehead atoms. The third-order valence-corrected chi connectivity index (χ3v) is 5.36. The molecule has 3 aromatic rings. The third-order valence-electron chi connectivity index (χ3n) is 5.36. The highest BCUT2D eigenvalue weighted by molar-refractivity contribution is 5.81. The van der Waals surface area contributed by atoms with Gasteiger partial charge in [-0.25, -0.2) is 18.7 Å². The number of rotatable bonds is 7. The molecule has 1 saturated heterocycles. The van der Waals surface area contributed by atoms with Crippen LogP contribution in [0.3, 0.4) is 0 Å². The van der Waals surface area contributed by atoms with E-state index in [0.717, 1.165) is 0 Å². The number of aromatic nitrogens is 5. The zero-order chi connectivity index (χ0) is 23.6. The normalized spacial score (nSPS) is 18.4. The molecule has 4 rings (SSSR count). The summed E-state index contributed by atoms with van der Waals surface area (Å²) in [6.45, 7) is -0.139. The molecule has 0 unspecified atom stereocenters. The molecule has 3 heterocycles. The van der Waals surface area contributed by atoms with E-state index in [2.05, 4.69) is 25.5 Å². The molecule has 0 saturated carbocycles. The minimum Gasteiger partial charge on any atom is -0.352 e. The maximum atomic E-state index is 14.6. The fourth-order valence-corrected chi connectivity index (χ4v) is 3.73. The van der Waals surface area contributed by atoms with Crippen molar-refractivity contribution in [1.29, 1.82) is 0 Å². The van der Waals surface area contributed by atoms with Crippen molar-refractivity contribution in [3.63, 3.8) is 0 Å². The molecule has 0 amide bonds. The van der Waals surface area contributed by atoms with Crippen molar-refractivity contribution in [2.24, 2.45) is 0 Å². The molecule has 1 aliphatic rings. The summed E-state index contributed by atoms with van der Waals surface area (Å²) < 4.78 is 67.3. The number of hydrogen-bond acceptors (Lipinski definition) is 7. The smallest absolute Gasteiger partial charge is 0.352 e. The Hall–Kier alpha value is -3.48. The van der Waals surface area contributed by atoms with Crippen LogP contribution in [0.2, 0.25) is 0 Å². The van der Waals surface area contributed by atoms with Crippen LogP contribution in [0, 0.1) is 0 Å². The van der Waals surface area contributed by atoms with Gasteiger partial charge < -0.3 is 5.32 Å². The number of halogens is 5. The molecular weight excluding hydrogens is 449 g/mol. The van der Waals surface area contributed by atoms with Crippen LogP contribution in [0.25, 0.3) is 5.69 Å². The van der Waals surface area contributed by atoms with Crippen molar-refractivity contribution in [3.05, 3.63) is 59.7 Å². The van der Waals surface area contributed by atoms with Gasteiger partial charge in [0.1, 0.15) is 5.69 Å². The summed E-state index contributed by atoms with van der Waals surface area (Å²) >= 11 is 0. The number of hydrogen-bond donors (Lipinski definition) is 1. The minimum atomic E-state index is -4.59. The number of para-hydroxylation sites is 1. The molecule has 1 aliphatic heterocycles. The highest BCUT2D eigenvalue weighted by atomic mass is 19.4. The fourth-order valence-electron chi connectivity index (χ4n) is 3.73. The van der Waals surface area contributed by atoms with Crippen LogP contribution >= 0.6 is 0 Å². The first kappa shape index (κ1) is 22.7. The second kappa shape index (κ2) is 8.81. The molecule has 1 aromatic carbocycles. The summed E-state index contributed by atoms with van der Waals surface area (Å²) in [4.78, 5) is 21.5. The molecule has 8 nitrogen and oxygen atoms in total. The van der Waals surface area contributed by atoms with E-state index in [-0.39, 0.29) is 25.6 Å². The van der Waals surface area contributed by atoms with Gasteiger partial charge in [0.15, 0.2) is 6.29 Å². The Kier molecular flexibility index (Phi) is 6.06. The molecule has 13 heteroatoms. The first-order valence-corrected chi connectivity index (χ1v) is 9.88. The van der Waals surface area contributed by atoms with Crippen molar-refractivity contribution < 1.29 is 26.7 Å². The maximum absolute atomic E-state index is 14.6. The molecule has 0 radical (unpaired) electrons. The van der Waals surface area contributed by atoms with Gasteiger partial charge in [0.2, 0.25) is 5.95 Å². The maximum Gasteiger partial charge on any atom is 0.419 e. The highest BCUT2D eigenvalue weighted by Gasteiger charge is 2.48. The standard InChI is InChI=1S/C20H18F5N7O/c21-19(22)4-7-31(16(19)10-28-18-26-8-15(9-27-18)20(23,24)25)11-13-2-1-3-14(12-33)17(13)32-29-5-6-30-32/h1-3,5-6,8-9,12,16H,4,7,10-11H2,(H,26,27,28)/t16-/m1/s1. The molecule has 1 N–H and O–H groups in total. The lowest BCUT2D eigenvalue weighted by Crippen LogP contribution is -2.44. The van der Waals surface area contributed by atoms with Crippen LogP contribution < -0.4 is 5.32 Å². The summed E-state index contributed by atoms with van der Waals surface area (Å²) in [6.07, 6.45) is -0.288. The fraction of sp³-hybridized carbons (Fsp3) is 0.350. The summed E-state index contributed by atoms with van der Waals surface area (Å²) in [5.74, 6) is -3.24. The molecule has 0 aliphatic carbocycles. The van der Waals surface area contributed by atoms with Gasteiger partial charge in [0.25, 0.3) is 5.92 Å². The van der Waals surface area contributed by atoms with Gasteiger partial charge in [-0.3, -0.25) is 9.69 Å². The lowest BCUT2D eigenvalue weighted by Gasteiger charge is -2.28. The monoisotopic (exact) mass is 467 g/mol. The van der Waals surface area contributed by atoms with E-state index in [0.29, 0.717) is 35.5 Å². The number of carbonyl (C=O) groups is 1. The summed E-state index contributed by atoms with van der Waals surface area (Å²) in [5.41, 5.74) is 0.243. The van der Waals surface area contributed by atoms with Crippen LogP contribution in [-0.2, 0) is 12.7 Å². The summed E-state index contributed by atoms with van der Waals surface area (Å²) in [5, 5.41) is 10.7. The zero-order valence-corrected chi connectivity index (χ0v) is 17.0. The Labute approximate surface area is 184 Å². The molecule has 1 fully saturated rings. The van der Waals surface area contributed by atoms with Crippen LogP contribution in [0.5, 0.6) is 0 Å². The van der Waals surface area contributed by atoms with Gasteiger partial charge >= 0.3 is 6.18 Å². The summed E-state index contributed by atoms with van der Waals surface area (Å²) in [7, 11) is 0. The van der Waals surface area contributed by atoms with E-state index in [4.69, 9.17) is 0 Å². The lowest BCUT2D eigenvalue weighted by atomic mass is 10.1. The van der Waals surface area contributed by atoms with Gasteiger partial charge in [0, 0.05) is 44.0 Å². The number of likely N-dealkylation sites (tertiary alicyclic amines) is 1. The van der Waals surface area contributed by atoms with Gasteiger partial charge in [-0.1, -0.05) is 12.1 Å². The van der Waals surface area contributed by atoms with Crippen molar-refractivity contribution in [3.8, 4) is 5.69 Å². The topological polar surface area (TPSA) is 88.8 Å². The van der Waals surface area contributed by atoms with E-state index < -0.39 is 30.1 Å². The first-order valence-electron chi connectivity index (χ1n) is 9.88. The molecular formula is C20H18F5N7O.